The molecule has 0 atom stereocenters. The van der Waals surface area contributed by atoms with Gasteiger partial charge in [0.05, 0.1) is 12.7 Å². The van der Waals surface area contributed by atoms with Crippen LogP contribution in [0.5, 0.6) is 5.75 Å². The molecular weight excluding hydrogens is 246 g/mol. The molecule has 0 aliphatic heterocycles. The lowest BCUT2D eigenvalue weighted by molar-refractivity contribution is 0.0686. The highest BCUT2D eigenvalue weighted by Gasteiger charge is 2.15. The molecule has 0 bridgehead atoms. The van der Waals surface area contributed by atoms with E-state index in [2.05, 4.69) is 5.16 Å². The molecule has 0 radical (unpaired) electrons. The minimum atomic E-state index is -1.15. The molecule has 1 aromatic heterocycles. The van der Waals surface area contributed by atoms with E-state index in [1.165, 1.54) is 13.2 Å². The number of nitrogens with zero attached hydrogens (tertiary/aromatic N) is 1. The molecule has 0 unspecified atom stereocenters. The van der Waals surface area contributed by atoms with Gasteiger partial charge in [-0.2, -0.15) is 0 Å². The van der Waals surface area contributed by atoms with E-state index in [1.54, 1.807) is 18.2 Å². The van der Waals surface area contributed by atoms with E-state index in [-0.39, 0.29) is 5.69 Å². The highest BCUT2D eigenvalue weighted by molar-refractivity contribution is 6.30. The van der Waals surface area contributed by atoms with E-state index in [1.807, 2.05) is 0 Å². The third-order valence-electron chi connectivity index (χ3n) is 2.16. The van der Waals surface area contributed by atoms with Crippen molar-refractivity contribution < 1.29 is 19.2 Å². The van der Waals surface area contributed by atoms with Crippen molar-refractivity contribution in [3.63, 3.8) is 0 Å². The fourth-order valence-corrected chi connectivity index (χ4v) is 1.53. The van der Waals surface area contributed by atoms with Crippen LogP contribution >= 0.6 is 11.6 Å². The molecule has 0 spiro atoms. The molecule has 1 heterocycles. The molecular formula is C11H8ClNO4. The summed E-state index contributed by atoms with van der Waals surface area (Å²) in [6.07, 6.45) is 0. The smallest absolute Gasteiger partial charge is 0.358 e. The molecule has 0 fully saturated rings. The van der Waals surface area contributed by atoms with Gasteiger partial charge >= 0.3 is 5.97 Å². The van der Waals surface area contributed by atoms with Crippen molar-refractivity contribution in [1.82, 2.24) is 5.16 Å². The Hall–Kier alpha value is -2.01. The molecule has 0 amide bonds. The second-order valence-electron chi connectivity index (χ2n) is 3.23. The van der Waals surface area contributed by atoms with E-state index in [0.29, 0.717) is 22.1 Å². The SMILES string of the molecule is COc1cc(Cl)ccc1-c1cc(C(=O)O)no1. The quantitative estimate of drug-likeness (QED) is 0.910. The first-order valence-corrected chi connectivity index (χ1v) is 5.03. The van der Waals surface area contributed by atoms with Crippen molar-refractivity contribution in [3.05, 3.63) is 35.0 Å². The Kier molecular flexibility index (Phi) is 3.01. The van der Waals surface area contributed by atoms with Crippen LogP contribution in [-0.4, -0.2) is 23.3 Å². The van der Waals surface area contributed by atoms with E-state index in [0.717, 1.165) is 0 Å². The molecule has 1 aromatic carbocycles. The van der Waals surface area contributed by atoms with Gasteiger partial charge in [-0.25, -0.2) is 4.79 Å². The van der Waals surface area contributed by atoms with E-state index < -0.39 is 5.97 Å². The molecule has 6 heteroatoms. The van der Waals surface area contributed by atoms with Gasteiger partial charge in [-0.3, -0.25) is 0 Å². The Morgan fingerprint density at radius 3 is 2.82 bits per heavy atom. The summed E-state index contributed by atoms with van der Waals surface area (Å²) in [7, 11) is 1.49. The average Bonchev–Trinajstić information content (AvgIpc) is 2.78. The van der Waals surface area contributed by atoms with Crippen LogP contribution in [0, 0.1) is 0 Å². The van der Waals surface area contributed by atoms with Crippen LogP contribution in [-0.2, 0) is 0 Å². The third kappa shape index (κ3) is 2.24. The van der Waals surface area contributed by atoms with Crippen LogP contribution in [0.25, 0.3) is 11.3 Å². The summed E-state index contributed by atoms with van der Waals surface area (Å²) in [5, 5.41) is 12.7. The number of carbonyl (C=O) groups is 1. The van der Waals surface area contributed by atoms with Gasteiger partial charge in [0.25, 0.3) is 0 Å². The van der Waals surface area contributed by atoms with Crippen LogP contribution in [0.2, 0.25) is 5.02 Å². The summed E-state index contributed by atoms with van der Waals surface area (Å²) >= 11 is 5.82. The van der Waals surface area contributed by atoms with Crippen molar-refractivity contribution >= 4 is 17.6 Å². The summed E-state index contributed by atoms with van der Waals surface area (Å²) in [5.41, 5.74) is 0.439. The standard InChI is InChI=1S/C11H8ClNO4/c1-16-9-4-6(12)2-3-7(9)10-5-8(11(14)15)13-17-10/h2-5H,1H3,(H,14,15). The number of hydrogen-bond acceptors (Lipinski definition) is 4. The molecule has 0 aliphatic carbocycles. The second kappa shape index (κ2) is 4.47. The minimum Gasteiger partial charge on any atom is -0.496 e. The van der Waals surface area contributed by atoms with Gasteiger partial charge in [0, 0.05) is 11.1 Å². The van der Waals surface area contributed by atoms with Crippen LogP contribution in [0.4, 0.5) is 0 Å². The Labute approximate surface area is 102 Å². The Balaban J connectivity index is 2.48. The molecule has 88 valence electrons. The Morgan fingerprint density at radius 1 is 1.47 bits per heavy atom. The van der Waals surface area contributed by atoms with Gasteiger partial charge in [-0.1, -0.05) is 16.8 Å². The lowest BCUT2D eigenvalue weighted by atomic mass is 10.1. The van der Waals surface area contributed by atoms with E-state index in [4.69, 9.17) is 26.0 Å². The van der Waals surface area contributed by atoms with Gasteiger partial charge < -0.3 is 14.4 Å². The second-order valence-corrected chi connectivity index (χ2v) is 3.66. The highest BCUT2D eigenvalue weighted by atomic mass is 35.5. The van der Waals surface area contributed by atoms with Crippen LogP contribution < -0.4 is 4.74 Å². The first-order valence-electron chi connectivity index (χ1n) is 4.65. The van der Waals surface area contributed by atoms with Crippen LogP contribution in [0.3, 0.4) is 0 Å². The van der Waals surface area contributed by atoms with Gasteiger partial charge in [-0.15, -0.1) is 0 Å². The predicted octanol–water partition coefficient (Wildman–Crippen LogP) is 2.70. The van der Waals surface area contributed by atoms with Crippen molar-refractivity contribution in [3.8, 4) is 17.1 Å². The number of halogens is 1. The Morgan fingerprint density at radius 2 is 2.24 bits per heavy atom. The monoisotopic (exact) mass is 253 g/mol. The fraction of sp³-hybridized carbons (Fsp3) is 0.0909. The molecule has 1 N–H and O–H groups in total. The molecule has 2 rings (SSSR count). The number of ether oxygens (including phenoxy) is 1. The molecule has 5 nitrogen and oxygen atoms in total. The maximum atomic E-state index is 10.7. The number of methoxy groups -OCH3 is 1. The normalized spacial score (nSPS) is 10.2. The van der Waals surface area contributed by atoms with Crippen LogP contribution in [0.1, 0.15) is 10.5 Å². The zero-order chi connectivity index (χ0) is 12.4. The summed E-state index contributed by atoms with van der Waals surface area (Å²) in [5.74, 6) is -0.338. The van der Waals surface area contributed by atoms with Gasteiger partial charge in [-0.05, 0) is 18.2 Å². The lowest BCUT2D eigenvalue weighted by Gasteiger charge is -2.05. The first-order chi connectivity index (χ1) is 8.11. The third-order valence-corrected chi connectivity index (χ3v) is 2.39. The average molecular weight is 254 g/mol. The lowest BCUT2D eigenvalue weighted by Crippen LogP contribution is -1.94. The number of carboxylic acid groups (broad SMARTS) is 1. The number of benzene rings is 1. The number of aromatic nitrogens is 1. The summed E-state index contributed by atoms with van der Waals surface area (Å²) in [6, 6.07) is 6.27. The zero-order valence-electron chi connectivity index (χ0n) is 8.81. The van der Waals surface area contributed by atoms with Crippen molar-refractivity contribution in [2.45, 2.75) is 0 Å². The summed E-state index contributed by atoms with van der Waals surface area (Å²) in [4.78, 5) is 10.7. The molecule has 0 saturated carbocycles. The van der Waals surface area contributed by atoms with Crippen molar-refractivity contribution in [2.75, 3.05) is 7.11 Å². The van der Waals surface area contributed by atoms with Crippen molar-refractivity contribution in [2.24, 2.45) is 0 Å². The molecule has 2 aromatic rings. The van der Waals surface area contributed by atoms with Crippen LogP contribution in [0.15, 0.2) is 28.8 Å². The molecule has 0 saturated heterocycles. The first kappa shape index (κ1) is 11.5. The largest absolute Gasteiger partial charge is 0.496 e. The number of aromatic carboxylic acids is 1. The fourth-order valence-electron chi connectivity index (χ4n) is 1.37. The minimum absolute atomic E-state index is 0.156. The maximum Gasteiger partial charge on any atom is 0.358 e. The van der Waals surface area contributed by atoms with E-state index in [9.17, 15) is 4.79 Å². The highest BCUT2D eigenvalue weighted by Crippen LogP contribution is 2.32. The number of rotatable bonds is 3. The molecule has 17 heavy (non-hydrogen) atoms. The van der Waals surface area contributed by atoms with Gasteiger partial charge in [0.2, 0.25) is 0 Å². The van der Waals surface area contributed by atoms with E-state index >= 15 is 0 Å². The van der Waals surface area contributed by atoms with Gasteiger partial charge in [0.15, 0.2) is 11.5 Å². The summed E-state index contributed by atoms with van der Waals surface area (Å²) < 4.78 is 10.1. The number of hydrogen-bond donors (Lipinski definition) is 1. The predicted molar refractivity (Wildman–Crippen MR) is 60.5 cm³/mol. The molecule has 0 aliphatic rings. The van der Waals surface area contributed by atoms with Crippen molar-refractivity contribution in [1.29, 1.82) is 0 Å². The Bertz CT molecular complexity index is 564. The summed E-state index contributed by atoms with van der Waals surface area (Å²) in [6.45, 7) is 0. The topological polar surface area (TPSA) is 72.6 Å². The number of carboxylic acids is 1. The maximum absolute atomic E-state index is 10.7. The zero-order valence-corrected chi connectivity index (χ0v) is 9.56. The van der Waals surface area contributed by atoms with Gasteiger partial charge in [0.1, 0.15) is 5.75 Å².